The maximum Gasteiger partial charge on any atom is 0.223 e. The molecule has 2 aliphatic rings. The van der Waals surface area contributed by atoms with Crippen LogP contribution in [0.25, 0.3) is 0 Å². The van der Waals surface area contributed by atoms with Gasteiger partial charge in [-0.3, -0.25) is 9.69 Å². The van der Waals surface area contributed by atoms with Crippen molar-refractivity contribution in [3.8, 4) is 0 Å². The molecule has 1 aromatic heterocycles. The monoisotopic (exact) mass is 426 g/mol. The summed E-state index contributed by atoms with van der Waals surface area (Å²) in [5, 5.41) is 8.27. The zero-order valence-electron chi connectivity index (χ0n) is 18.5. The predicted octanol–water partition coefficient (Wildman–Crippen LogP) is 2.75. The van der Waals surface area contributed by atoms with Crippen LogP contribution in [0.2, 0.25) is 0 Å². The van der Waals surface area contributed by atoms with Crippen LogP contribution in [0.1, 0.15) is 43.5 Å². The normalized spacial score (nSPS) is 19.5. The molecule has 31 heavy (non-hydrogen) atoms. The van der Waals surface area contributed by atoms with Crippen molar-refractivity contribution >= 4 is 5.91 Å². The third-order valence-electron chi connectivity index (χ3n) is 6.73. The molecule has 0 saturated carbocycles. The van der Waals surface area contributed by atoms with Gasteiger partial charge >= 0.3 is 0 Å². The maximum atomic E-state index is 12.7. The van der Waals surface area contributed by atoms with Gasteiger partial charge in [0.15, 0.2) is 0 Å². The second-order valence-electron chi connectivity index (χ2n) is 8.68. The first kappa shape index (κ1) is 22.0. The molecule has 2 saturated heterocycles. The Morgan fingerprint density at radius 1 is 1.00 bits per heavy atom. The Kier molecular flexibility index (Phi) is 7.70. The van der Waals surface area contributed by atoms with Crippen molar-refractivity contribution in [3.05, 3.63) is 47.7 Å². The number of hydrogen-bond donors (Lipinski definition) is 0. The Balaban J connectivity index is 1.17. The lowest BCUT2D eigenvalue weighted by atomic mass is 9.89. The average Bonchev–Trinajstić information content (AvgIpc) is 3.30. The molecule has 3 heterocycles. The van der Waals surface area contributed by atoms with E-state index in [-0.39, 0.29) is 5.91 Å². The van der Waals surface area contributed by atoms with Gasteiger partial charge in [-0.15, -0.1) is 10.2 Å². The molecule has 0 spiro atoms. The number of aromatic nitrogens is 2. The third kappa shape index (κ3) is 6.14. The molecule has 7 heteroatoms. The van der Waals surface area contributed by atoms with Gasteiger partial charge in [0.05, 0.1) is 13.2 Å². The van der Waals surface area contributed by atoms with E-state index < -0.39 is 0 Å². The molecule has 0 aliphatic carbocycles. The molecule has 1 unspecified atom stereocenters. The Hall–Kier alpha value is -2.25. The largest absolute Gasteiger partial charge is 0.425 e. The minimum Gasteiger partial charge on any atom is -0.425 e. The summed E-state index contributed by atoms with van der Waals surface area (Å²) >= 11 is 0. The zero-order valence-corrected chi connectivity index (χ0v) is 18.5. The first-order valence-electron chi connectivity index (χ1n) is 11.6. The van der Waals surface area contributed by atoms with E-state index in [1.54, 1.807) is 0 Å². The summed E-state index contributed by atoms with van der Waals surface area (Å²) in [7, 11) is 0. The molecular formula is C24H34N4O3. The zero-order chi connectivity index (χ0) is 21.5. The second kappa shape index (κ2) is 10.9. The number of amides is 1. The number of carbonyl (C=O) groups is 1. The van der Waals surface area contributed by atoms with Crippen molar-refractivity contribution < 1.29 is 13.9 Å². The first-order valence-corrected chi connectivity index (χ1v) is 11.6. The van der Waals surface area contributed by atoms with E-state index in [1.165, 1.54) is 5.56 Å². The van der Waals surface area contributed by atoms with Crippen molar-refractivity contribution in [1.82, 2.24) is 20.0 Å². The van der Waals surface area contributed by atoms with Gasteiger partial charge in [-0.05, 0) is 37.7 Å². The first-order chi connectivity index (χ1) is 15.2. The quantitative estimate of drug-likeness (QED) is 0.646. The van der Waals surface area contributed by atoms with Gasteiger partial charge in [0, 0.05) is 51.5 Å². The fourth-order valence-electron chi connectivity index (χ4n) is 4.67. The van der Waals surface area contributed by atoms with E-state index in [9.17, 15) is 4.79 Å². The van der Waals surface area contributed by atoms with Crippen LogP contribution in [0.5, 0.6) is 0 Å². The van der Waals surface area contributed by atoms with Crippen LogP contribution in [0.15, 0.2) is 34.7 Å². The Labute approximate surface area is 184 Å². The van der Waals surface area contributed by atoms with Gasteiger partial charge in [0.25, 0.3) is 0 Å². The van der Waals surface area contributed by atoms with Crippen molar-refractivity contribution in [2.45, 2.75) is 51.5 Å². The van der Waals surface area contributed by atoms with E-state index in [0.29, 0.717) is 36.6 Å². The highest BCUT2D eigenvalue weighted by Gasteiger charge is 2.30. The number of benzene rings is 1. The molecule has 2 aromatic rings. The van der Waals surface area contributed by atoms with Gasteiger partial charge in [0.1, 0.15) is 0 Å². The molecule has 168 valence electrons. The topological polar surface area (TPSA) is 71.7 Å². The lowest BCUT2D eigenvalue weighted by Gasteiger charge is -2.41. The Morgan fingerprint density at radius 2 is 1.68 bits per heavy atom. The van der Waals surface area contributed by atoms with Crippen molar-refractivity contribution in [1.29, 1.82) is 0 Å². The number of hydrogen-bond acceptors (Lipinski definition) is 6. The molecule has 1 aromatic carbocycles. The summed E-state index contributed by atoms with van der Waals surface area (Å²) in [4.78, 5) is 17.2. The number of likely N-dealkylation sites (tertiary alicyclic amines) is 1. The van der Waals surface area contributed by atoms with E-state index in [1.807, 2.05) is 23.1 Å². The molecule has 0 radical (unpaired) electrons. The molecule has 1 atom stereocenters. The van der Waals surface area contributed by atoms with Gasteiger partial charge in [0.2, 0.25) is 17.7 Å². The summed E-state index contributed by atoms with van der Waals surface area (Å²) < 4.78 is 11.2. The summed E-state index contributed by atoms with van der Waals surface area (Å²) in [5.74, 6) is 2.06. The van der Waals surface area contributed by atoms with Gasteiger partial charge in [-0.2, -0.15) is 0 Å². The van der Waals surface area contributed by atoms with Gasteiger partial charge < -0.3 is 14.1 Å². The standard InChI is InChI=1S/C24H34N4O3/c1-19(27-15-17-30-18-16-27)21-11-13-28(14-12-21)24(29)10-9-23-26-25-22(31-23)8-7-20-5-3-2-4-6-20/h2-6,19,21H,7-18H2,1H3. The van der Waals surface area contributed by atoms with E-state index in [4.69, 9.17) is 9.15 Å². The number of ether oxygens (including phenoxy) is 1. The summed E-state index contributed by atoms with van der Waals surface area (Å²) in [6.45, 7) is 7.76. The predicted molar refractivity (Wildman–Crippen MR) is 118 cm³/mol. The lowest BCUT2D eigenvalue weighted by Crippen LogP contribution is -2.49. The van der Waals surface area contributed by atoms with E-state index in [2.05, 4.69) is 34.2 Å². The van der Waals surface area contributed by atoms with Crippen LogP contribution >= 0.6 is 0 Å². The average molecular weight is 427 g/mol. The number of nitrogens with zero attached hydrogens (tertiary/aromatic N) is 4. The lowest BCUT2D eigenvalue weighted by molar-refractivity contribution is -0.133. The minimum absolute atomic E-state index is 0.196. The van der Waals surface area contributed by atoms with Crippen LogP contribution < -0.4 is 0 Å². The van der Waals surface area contributed by atoms with Crippen LogP contribution in [-0.4, -0.2) is 71.3 Å². The Morgan fingerprint density at radius 3 is 2.39 bits per heavy atom. The number of rotatable bonds is 8. The molecule has 1 amide bonds. The van der Waals surface area contributed by atoms with Crippen LogP contribution in [0.4, 0.5) is 0 Å². The van der Waals surface area contributed by atoms with Crippen molar-refractivity contribution in [2.24, 2.45) is 5.92 Å². The fraction of sp³-hybridized carbons (Fsp3) is 0.625. The Bertz CT molecular complexity index is 811. The third-order valence-corrected chi connectivity index (χ3v) is 6.73. The summed E-state index contributed by atoms with van der Waals surface area (Å²) in [6, 6.07) is 10.8. The van der Waals surface area contributed by atoms with Crippen molar-refractivity contribution in [2.75, 3.05) is 39.4 Å². The SMILES string of the molecule is CC(C1CCN(C(=O)CCc2nnc(CCc3ccccc3)o2)CC1)N1CCOCC1. The van der Waals surface area contributed by atoms with Crippen LogP contribution in [0.3, 0.4) is 0 Å². The molecular weight excluding hydrogens is 392 g/mol. The van der Waals surface area contributed by atoms with E-state index in [0.717, 1.165) is 65.1 Å². The minimum atomic E-state index is 0.196. The van der Waals surface area contributed by atoms with Crippen LogP contribution in [-0.2, 0) is 28.8 Å². The number of aryl methyl sites for hydroxylation is 3. The number of piperidine rings is 1. The summed E-state index contributed by atoms with van der Waals surface area (Å²) in [6.07, 6.45) is 4.70. The molecule has 0 bridgehead atoms. The molecule has 2 aliphatic heterocycles. The van der Waals surface area contributed by atoms with Crippen LogP contribution in [0, 0.1) is 5.92 Å². The fourth-order valence-corrected chi connectivity index (χ4v) is 4.67. The van der Waals surface area contributed by atoms with E-state index >= 15 is 0 Å². The number of morpholine rings is 1. The molecule has 2 fully saturated rings. The smallest absolute Gasteiger partial charge is 0.223 e. The number of carbonyl (C=O) groups excluding carboxylic acids is 1. The van der Waals surface area contributed by atoms with Crippen molar-refractivity contribution in [3.63, 3.8) is 0 Å². The highest BCUT2D eigenvalue weighted by Crippen LogP contribution is 2.25. The second-order valence-corrected chi connectivity index (χ2v) is 8.68. The highest BCUT2D eigenvalue weighted by atomic mass is 16.5. The van der Waals surface area contributed by atoms with Gasteiger partial charge in [-0.1, -0.05) is 30.3 Å². The summed E-state index contributed by atoms with van der Waals surface area (Å²) in [5.41, 5.74) is 1.25. The van der Waals surface area contributed by atoms with Gasteiger partial charge in [-0.25, -0.2) is 0 Å². The maximum absolute atomic E-state index is 12.7. The molecule has 4 rings (SSSR count). The molecule has 0 N–H and O–H groups in total. The molecule has 7 nitrogen and oxygen atoms in total. The highest BCUT2D eigenvalue weighted by molar-refractivity contribution is 5.76.